The first-order valence-electron chi connectivity index (χ1n) is 7.36. The molecule has 0 aliphatic heterocycles. The molecular formula is C17H18N4O2. The average Bonchev–Trinajstić information content (AvgIpc) is 3.11. The van der Waals surface area contributed by atoms with Crippen LogP contribution in [0.1, 0.15) is 23.1 Å². The summed E-state index contributed by atoms with van der Waals surface area (Å²) in [6, 6.07) is 7.25. The van der Waals surface area contributed by atoms with Gasteiger partial charge in [-0.2, -0.15) is 0 Å². The predicted octanol–water partition coefficient (Wildman–Crippen LogP) is 2.89. The van der Waals surface area contributed by atoms with Crippen molar-refractivity contribution in [2.75, 3.05) is 11.9 Å². The molecule has 6 nitrogen and oxygen atoms in total. The third-order valence-corrected chi connectivity index (χ3v) is 3.64. The van der Waals surface area contributed by atoms with Crippen molar-refractivity contribution in [3.05, 3.63) is 59.9 Å². The smallest absolute Gasteiger partial charge is 0.163 e. The number of nitrogens with zero attached hydrogens (tertiary/aromatic N) is 3. The zero-order valence-electron chi connectivity index (χ0n) is 13.0. The second kappa shape index (κ2) is 6.58. The molecule has 0 aliphatic carbocycles. The second-order valence-electron chi connectivity index (χ2n) is 5.26. The molecule has 1 atom stereocenters. The molecule has 0 spiro atoms. The monoisotopic (exact) mass is 310 g/mol. The number of rotatable bonds is 5. The highest BCUT2D eigenvalue weighted by Crippen LogP contribution is 2.22. The van der Waals surface area contributed by atoms with Crippen molar-refractivity contribution in [1.29, 1.82) is 0 Å². The van der Waals surface area contributed by atoms with Gasteiger partial charge < -0.3 is 14.8 Å². The maximum atomic E-state index is 10.1. The van der Waals surface area contributed by atoms with E-state index in [9.17, 15) is 5.11 Å². The summed E-state index contributed by atoms with van der Waals surface area (Å²) in [6.45, 7) is 4.19. The largest absolute Gasteiger partial charge is 0.467 e. The molecule has 1 unspecified atom stereocenters. The normalized spacial score (nSPS) is 12.1. The Bertz CT molecular complexity index is 773. The average molecular weight is 310 g/mol. The van der Waals surface area contributed by atoms with Gasteiger partial charge in [-0.15, -0.1) is 0 Å². The number of nitrogens with one attached hydrogen (secondary N) is 1. The summed E-state index contributed by atoms with van der Waals surface area (Å²) < 4.78 is 5.20. The summed E-state index contributed by atoms with van der Waals surface area (Å²) in [4.78, 5) is 13.2. The Hall–Kier alpha value is -2.73. The summed E-state index contributed by atoms with van der Waals surface area (Å²) >= 11 is 0. The van der Waals surface area contributed by atoms with E-state index in [4.69, 9.17) is 4.42 Å². The van der Waals surface area contributed by atoms with Crippen LogP contribution < -0.4 is 5.32 Å². The number of pyridine rings is 1. The van der Waals surface area contributed by atoms with Crippen molar-refractivity contribution in [1.82, 2.24) is 15.0 Å². The highest BCUT2D eigenvalue weighted by Gasteiger charge is 2.13. The molecule has 0 aromatic carbocycles. The van der Waals surface area contributed by atoms with Crippen LogP contribution in [0.2, 0.25) is 0 Å². The standard InChI is InChI=1S/C17H18N4O2/c1-11-12(2)20-17(13-5-3-7-18-9-13)21-16(11)19-10-14(22)15-6-4-8-23-15/h3-9,14,22H,10H2,1-2H3,(H,19,20,21). The fraction of sp³-hybridized carbons (Fsp3) is 0.235. The lowest BCUT2D eigenvalue weighted by molar-refractivity contribution is 0.162. The number of hydrogen-bond acceptors (Lipinski definition) is 6. The molecule has 3 rings (SSSR count). The Balaban J connectivity index is 1.82. The molecule has 2 N–H and O–H groups in total. The van der Waals surface area contributed by atoms with Gasteiger partial charge in [-0.3, -0.25) is 4.98 Å². The van der Waals surface area contributed by atoms with Crippen LogP contribution in [-0.2, 0) is 0 Å². The van der Waals surface area contributed by atoms with Crippen LogP contribution in [0.15, 0.2) is 47.3 Å². The SMILES string of the molecule is Cc1nc(-c2cccnc2)nc(NCC(O)c2ccco2)c1C. The van der Waals surface area contributed by atoms with Crippen molar-refractivity contribution < 1.29 is 9.52 Å². The minimum Gasteiger partial charge on any atom is -0.467 e. The van der Waals surface area contributed by atoms with Gasteiger partial charge in [0.2, 0.25) is 0 Å². The zero-order valence-corrected chi connectivity index (χ0v) is 13.0. The fourth-order valence-electron chi connectivity index (χ4n) is 2.20. The number of aliphatic hydroxyl groups is 1. The van der Waals surface area contributed by atoms with Crippen molar-refractivity contribution in [3.8, 4) is 11.4 Å². The zero-order chi connectivity index (χ0) is 16.2. The topological polar surface area (TPSA) is 84.1 Å². The van der Waals surface area contributed by atoms with Gasteiger partial charge in [-0.05, 0) is 38.1 Å². The van der Waals surface area contributed by atoms with Gasteiger partial charge in [-0.1, -0.05) is 0 Å². The van der Waals surface area contributed by atoms with Gasteiger partial charge in [0, 0.05) is 35.8 Å². The Morgan fingerprint density at radius 3 is 2.78 bits per heavy atom. The predicted molar refractivity (Wildman–Crippen MR) is 86.9 cm³/mol. The molecule has 0 saturated carbocycles. The lowest BCUT2D eigenvalue weighted by atomic mass is 10.2. The van der Waals surface area contributed by atoms with E-state index in [2.05, 4.69) is 20.3 Å². The first-order valence-corrected chi connectivity index (χ1v) is 7.36. The summed E-state index contributed by atoms with van der Waals surface area (Å²) in [5.41, 5.74) is 2.68. The van der Waals surface area contributed by atoms with E-state index in [1.54, 1.807) is 30.8 Å². The van der Waals surface area contributed by atoms with Gasteiger partial charge in [0.25, 0.3) is 0 Å². The van der Waals surface area contributed by atoms with Crippen molar-refractivity contribution >= 4 is 5.82 Å². The Kier molecular flexibility index (Phi) is 4.34. The van der Waals surface area contributed by atoms with Gasteiger partial charge in [-0.25, -0.2) is 9.97 Å². The number of furan rings is 1. The number of aliphatic hydroxyl groups excluding tert-OH is 1. The highest BCUT2D eigenvalue weighted by molar-refractivity contribution is 5.58. The third-order valence-electron chi connectivity index (χ3n) is 3.64. The highest BCUT2D eigenvalue weighted by atomic mass is 16.4. The number of hydrogen-bond donors (Lipinski definition) is 2. The Labute approximate surface area is 134 Å². The molecular weight excluding hydrogens is 292 g/mol. The van der Waals surface area contributed by atoms with Crippen LogP contribution in [0.3, 0.4) is 0 Å². The van der Waals surface area contributed by atoms with Crippen LogP contribution >= 0.6 is 0 Å². The quantitative estimate of drug-likeness (QED) is 0.754. The van der Waals surface area contributed by atoms with Crippen LogP contribution in [-0.4, -0.2) is 26.6 Å². The first-order chi connectivity index (χ1) is 11.1. The van der Waals surface area contributed by atoms with E-state index in [1.807, 2.05) is 26.0 Å². The number of aryl methyl sites for hydroxylation is 1. The van der Waals surface area contributed by atoms with Crippen molar-refractivity contribution in [2.24, 2.45) is 0 Å². The number of aromatic nitrogens is 3. The molecule has 3 aromatic heterocycles. The van der Waals surface area contributed by atoms with Gasteiger partial charge in [0.05, 0.1) is 6.26 Å². The third kappa shape index (κ3) is 3.37. The molecule has 23 heavy (non-hydrogen) atoms. The second-order valence-corrected chi connectivity index (χ2v) is 5.26. The van der Waals surface area contributed by atoms with E-state index >= 15 is 0 Å². The molecule has 0 amide bonds. The van der Waals surface area contributed by atoms with Crippen LogP contribution in [0.4, 0.5) is 5.82 Å². The van der Waals surface area contributed by atoms with Crippen molar-refractivity contribution in [3.63, 3.8) is 0 Å². The van der Waals surface area contributed by atoms with Crippen LogP contribution in [0.25, 0.3) is 11.4 Å². The van der Waals surface area contributed by atoms with Gasteiger partial charge >= 0.3 is 0 Å². The lowest BCUT2D eigenvalue weighted by Crippen LogP contribution is -2.14. The maximum Gasteiger partial charge on any atom is 0.163 e. The lowest BCUT2D eigenvalue weighted by Gasteiger charge is -2.14. The molecule has 0 aliphatic rings. The van der Waals surface area contributed by atoms with E-state index in [1.165, 1.54) is 0 Å². The van der Waals surface area contributed by atoms with Crippen LogP contribution in [0, 0.1) is 13.8 Å². The van der Waals surface area contributed by atoms with Gasteiger partial charge in [0.15, 0.2) is 5.82 Å². The van der Waals surface area contributed by atoms with E-state index in [-0.39, 0.29) is 0 Å². The Morgan fingerprint density at radius 2 is 2.09 bits per heavy atom. The summed E-state index contributed by atoms with van der Waals surface area (Å²) in [7, 11) is 0. The first kappa shape index (κ1) is 15.2. The summed E-state index contributed by atoms with van der Waals surface area (Å²) in [5.74, 6) is 1.83. The maximum absolute atomic E-state index is 10.1. The van der Waals surface area contributed by atoms with Crippen molar-refractivity contribution in [2.45, 2.75) is 20.0 Å². The minimum absolute atomic E-state index is 0.303. The fourth-order valence-corrected chi connectivity index (χ4v) is 2.20. The minimum atomic E-state index is -0.735. The molecule has 0 radical (unpaired) electrons. The molecule has 6 heteroatoms. The van der Waals surface area contributed by atoms with Gasteiger partial charge in [0.1, 0.15) is 17.7 Å². The number of anilines is 1. The molecule has 0 bridgehead atoms. The molecule has 3 aromatic rings. The van der Waals surface area contributed by atoms with Crippen LogP contribution in [0.5, 0.6) is 0 Å². The summed E-state index contributed by atoms with van der Waals surface area (Å²) in [5, 5.41) is 13.3. The molecule has 3 heterocycles. The van der Waals surface area contributed by atoms with E-state index < -0.39 is 6.10 Å². The molecule has 0 fully saturated rings. The Morgan fingerprint density at radius 1 is 1.22 bits per heavy atom. The van der Waals surface area contributed by atoms with E-state index in [0.717, 1.165) is 16.8 Å². The molecule has 0 saturated heterocycles. The van der Waals surface area contributed by atoms with E-state index in [0.29, 0.717) is 23.9 Å². The summed E-state index contributed by atoms with van der Waals surface area (Å²) in [6.07, 6.45) is 4.25. The molecule has 118 valence electrons.